The number of sulfonamides is 1. The lowest BCUT2D eigenvalue weighted by atomic mass is 10.1. The van der Waals surface area contributed by atoms with E-state index in [1.807, 2.05) is 6.07 Å². The molecule has 6 heteroatoms. The summed E-state index contributed by atoms with van der Waals surface area (Å²) in [5.41, 5.74) is 0.660. The molecule has 0 fully saturated rings. The molecule has 1 amide bonds. The van der Waals surface area contributed by atoms with Gasteiger partial charge in [0.2, 0.25) is 15.9 Å². The van der Waals surface area contributed by atoms with Gasteiger partial charge in [-0.15, -0.1) is 0 Å². The first-order chi connectivity index (χ1) is 9.73. The molecule has 21 heavy (non-hydrogen) atoms. The van der Waals surface area contributed by atoms with Gasteiger partial charge in [-0.05, 0) is 17.9 Å². The van der Waals surface area contributed by atoms with Gasteiger partial charge in [-0.25, -0.2) is 8.42 Å². The Morgan fingerprint density at radius 3 is 2.29 bits per heavy atom. The Balaban J connectivity index is 2.95. The third-order valence-corrected chi connectivity index (χ3v) is 4.53. The summed E-state index contributed by atoms with van der Waals surface area (Å²) < 4.78 is 24.7. The van der Waals surface area contributed by atoms with Crippen LogP contribution in [0.3, 0.4) is 0 Å². The van der Waals surface area contributed by atoms with Crippen LogP contribution in [0.1, 0.15) is 31.9 Å². The van der Waals surface area contributed by atoms with Crippen LogP contribution >= 0.6 is 0 Å². The quantitative estimate of drug-likeness (QED) is 0.834. The van der Waals surface area contributed by atoms with Gasteiger partial charge in [0.05, 0.1) is 6.26 Å². The van der Waals surface area contributed by atoms with E-state index in [0.29, 0.717) is 18.0 Å². The third kappa shape index (κ3) is 5.47. The minimum Gasteiger partial charge on any atom is -0.354 e. The standard InChI is InChI=1S/C15H24N2O3S/c1-12(2)10-11-16-15(18)14(17(3)21(4,19)20)13-8-6-5-7-9-13/h5-9,12,14H,10-11H2,1-4H3,(H,16,18)/t14-/m0/s1. The van der Waals surface area contributed by atoms with Crippen LogP contribution in [-0.2, 0) is 14.8 Å². The second-order valence-corrected chi connectivity index (χ2v) is 7.61. The maximum absolute atomic E-state index is 12.4. The van der Waals surface area contributed by atoms with E-state index in [4.69, 9.17) is 0 Å². The predicted octanol–water partition coefficient (Wildman–Crippen LogP) is 1.78. The molecule has 0 unspecified atom stereocenters. The molecule has 0 aromatic heterocycles. The van der Waals surface area contributed by atoms with Crippen molar-refractivity contribution in [3.05, 3.63) is 35.9 Å². The first-order valence-electron chi connectivity index (χ1n) is 6.99. The molecule has 0 spiro atoms. The number of benzene rings is 1. The van der Waals surface area contributed by atoms with E-state index in [2.05, 4.69) is 19.2 Å². The topological polar surface area (TPSA) is 66.5 Å². The molecule has 0 saturated heterocycles. The van der Waals surface area contributed by atoms with Gasteiger partial charge in [0.15, 0.2) is 0 Å². The van der Waals surface area contributed by atoms with Gasteiger partial charge >= 0.3 is 0 Å². The van der Waals surface area contributed by atoms with Crippen LogP contribution in [0, 0.1) is 5.92 Å². The van der Waals surface area contributed by atoms with Crippen LogP contribution in [0.4, 0.5) is 0 Å². The number of rotatable bonds is 7. The molecule has 1 atom stereocenters. The predicted molar refractivity (Wildman–Crippen MR) is 84.3 cm³/mol. The third-order valence-electron chi connectivity index (χ3n) is 3.27. The number of nitrogens with zero attached hydrogens (tertiary/aromatic N) is 1. The molecule has 0 aliphatic heterocycles. The van der Waals surface area contributed by atoms with Crippen molar-refractivity contribution in [3.63, 3.8) is 0 Å². The molecule has 0 heterocycles. The van der Waals surface area contributed by atoms with Crippen molar-refractivity contribution in [2.24, 2.45) is 5.92 Å². The van der Waals surface area contributed by atoms with Crippen LogP contribution in [0.15, 0.2) is 30.3 Å². The van der Waals surface area contributed by atoms with Crippen molar-refractivity contribution in [3.8, 4) is 0 Å². The Hall–Kier alpha value is -1.40. The number of carbonyl (C=O) groups is 1. The summed E-state index contributed by atoms with van der Waals surface area (Å²) in [4.78, 5) is 12.4. The molecule has 1 N–H and O–H groups in total. The summed E-state index contributed by atoms with van der Waals surface area (Å²) in [5.74, 6) is 0.183. The van der Waals surface area contributed by atoms with Gasteiger partial charge in [-0.1, -0.05) is 44.2 Å². The zero-order valence-corrected chi connectivity index (χ0v) is 13.9. The van der Waals surface area contributed by atoms with Crippen LogP contribution in [0.2, 0.25) is 0 Å². The molecule has 0 bridgehead atoms. The van der Waals surface area contributed by atoms with Crippen molar-refractivity contribution in [2.45, 2.75) is 26.3 Å². The molecule has 0 aliphatic rings. The van der Waals surface area contributed by atoms with Crippen LogP contribution < -0.4 is 5.32 Å². The van der Waals surface area contributed by atoms with E-state index in [1.54, 1.807) is 24.3 Å². The summed E-state index contributed by atoms with van der Waals surface area (Å²) in [7, 11) is -2.04. The number of carbonyl (C=O) groups excluding carboxylic acids is 1. The maximum Gasteiger partial charge on any atom is 0.242 e. The average molecular weight is 312 g/mol. The lowest BCUT2D eigenvalue weighted by molar-refractivity contribution is -0.124. The maximum atomic E-state index is 12.4. The Kier molecular flexibility index (Phi) is 6.36. The highest BCUT2D eigenvalue weighted by atomic mass is 32.2. The lowest BCUT2D eigenvalue weighted by Gasteiger charge is -2.25. The smallest absolute Gasteiger partial charge is 0.242 e. The van der Waals surface area contributed by atoms with E-state index in [9.17, 15) is 13.2 Å². The zero-order valence-electron chi connectivity index (χ0n) is 13.0. The molecule has 0 radical (unpaired) electrons. The Labute approximate surface area is 127 Å². The fourth-order valence-corrected chi connectivity index (χ4v) is 2.53. The normalized spacial score (nSPS) is 13.4. The molecule has 1 rings (SSSR count). The molecule has 1 aromatic rings. The number of hydrogen-bond donors (Lipinski definition) is 1. The summed E-state index contributed by atoms with van der Waals surface area (Å²) in [6.07, 6.45) is 1.96. The highest BCUT2D eigenvalue weighted by Gasteiger charge is 2.30. The van der Waals surface area contributed by atoms with Gasteiger partial charge in [-0.3, -0.25) is 4.79 Å². The van der Waals surface area contributed by atoms with Gasteiger partial charge < -0.3 is 5.32 Å². The van der Waals surface area contributed by atoms with Gasteiger partial charge in [-0.2, -0.15) is 4.31 Å². The number of hydrogen-bond acceptors (Lipinski definition) is 3. The summed E-state index contributed by atoms with van der Waals surface area (Å²) in [5, 5.41) is 2.82. The van der Waals surface area contributed by atoms with E-state index in [0.717, 1.165) is 17.0 Å². The van der Waals surface area contributed by atoms with Crippen LogP contribution in [0.25, 0.3) is 0 Å². The second kappa shape index (κ2) is 7.56. The lowest BCUT2D eigenvalue weighted by Crippen LogP contribution is -2.41. The Bertz CT molecular complexity index is 556. The summed E-state index contributed by atoms with van der Waals surface area (Å²) in [6.45, 7) is 4.68. The molecule has 0 saturated carbocycles. The van der Waals surface area contributed by atoms with Gasteiger partial charge in [0, 0.05) is 13.6 Å². The van der Waals surface area contributed by atoms with Crippen molar-refractivity contribution in [1.82, 2.24) is 9.62 Å². The summed E-state index contributed by atoms with van der Waals surface area (Å²) >= 11 is 0. The highest BCUT2D eigenvalue weighted by molar-refractivity contribution is 7.88. The molecule has 1 aromatic carbocycles. The van der Waals surface area contributed by atoms with Crippen molar-refractivity contribution in [1.29, 1.82) is 0 Å². The molecular formula is C15H24N2O3S. The van der Waals surface area contributed by atoms with Crippen LogP contribution in [-0.4, -0.2) is 38.5 Å². The fourth-order valence-electron chi connectivity index (χ4n) is 1.93. The van der Waals surface area contributed by atoms with Gasteiger partial charge in [0.1, 0.15) is 6.04 Å². The van der Waals surface area contributed by atoms with E-state index in [1.165, 1.54) is 7.05 Å². The molecular weight excluding hydrogens is 288 g/mol. The Morgan fingerprint density at radius 1 is 1.24 bits per heavy atom. The molecule has 0 aliphatic carbocycles. The van der Waals surface area contributed by atoms with E-state index >= 15 is 0 Å². The second-order valence-electron chi connectivity index (χ2n) is 5.57. The van der Waals surface area contributed by atoms with Crippen LogP contribution in [0.5, 0.6) is 0 Å². The molecule has 118 valence electrons. The molecule has 5 nitrogen and oxygen atoms in total. The first-order valence-corrected chi connectivity index (χ1v) is 8.84. The van der Waals surface area contributed by atoms with Crippen molar-refractivity contribution in [2.75, 3.05) is 19.8 Å². The minimum absolute atomic E-state index is 0.297. The monoisotopic (exact) mass is 312 g/mol. The fraction of sp³-hybridized carbons (Fsp3) is 0.533. The number of likely N-dealkylation sites (N-methyl/N-ethyl adjacent to an activating group) is 1. The zero-order chi connectivity index (χ0) is 16.0. The SMILES string of the molecule is CC(C)CCNC(=O)[C@H](c1ccccc1)N(C)S(C)(=O)=O. The van der Waals surface area contributed by atoms with Crippen molar-refractivity contribution >= 4 is 15.9 Å². The van der Waals surface area contributed by atoms with E-state index in [-0.39, 0.29) is 5.91 Å². The van der Waals surface area contributed by atoms with Gasteiger partial charge in [0.25, 0.3) is 0 Å². The van der Waals surface area contributed by atoms with E-state index < -0.39 is 16.1 Å². The Morgan fingerprint density at radius 2 is 1.81 bits per heavy atom. The minimum atomic E-state index is -3.46. The number of nitrogens with one attached hydrogen (secondary N) is 1. The largest absolute Gasteiger partial charge is 0.354 e. The van der Waals surface area contributed by atoms with Crippen molar-refractivity contribution < 1.29 is 13.2 Å². The first kappa shape index (κ1) is 17.7. The average Bonchev–Trinajstić information content (AvgIpc) is 2.38. The highest BCUT2D eigenvalue weighted by Crippen LogP contribution is 2.21. The summed E-state index contributed by atoms with van der Waals surface area (Å²) in [6, 6.07) is 8.09. The number of amides is 1.